The van der Waals surface area contributed by atoms with E-state index in [9.17, 15) is 4.79 Å². The van der Waals surface area contributed by atoms with E-state index in [2.05, 4.69) is 77.1 Å². The van der Waals surface area contributed by atoms with Crippen LogP contribution in [0.4, 0.5) is 0 Å². The van der Waals surface area contributed by atoms with E-state index in [1.807, 2.05) is 0 Å². The van der Waals surface area contributed by atoms with E-state index < -0.39 is 0 Å². The molecule has 0 spiro atoms. The van der Waals surface area contributed by atoms with Gasteiger partial charge in [0.2, 0.25) is 5.91 Å². The smallest absolute Gasteiger partial charge is 0.220 e. The van der Waals surface area contributed by atoms with Crippen LogP contribution in [0.2, 0.25) is 0 Å². The van der Waals surface area contributed by atoms with Gasteiger partial charge in [-0.2, -0.15) is 0 Å². The van der Waals surface area contributed by atoms with Crippen LogP contribution in [0.25, 0.3) is 0 Å². The van der Waals surface area contributed by atoms with Crippen LogP contribution in [-0.4, -0.2) is 55.5 Å². The first-order valence-corrected chi connectivity index (χ1v) is 10.6. The number of rotatable bonds is 12. The van der Waals surface area contributed by atoms with Gasteiger partial charge in [0.05, 0.1) is 0 Å². The van der Waals surface area contributed by atoms with E-state index >= 15 is 0 Å². The van der Waals surface area contributed by atoms with Crippen LogP contribution in [0.3, 0.4) is 0 Å². The molecule has 164 valence electrons. The van der Waals surface area contributed by atoms with Crippen LogP contribution < -0.4 is 16.0 Å². The highest BCUT2D eigenvalue weighted by atomic mass is 127. The van der Waals surface area contributed by atoms with Crippen molar-refractivity contribution in [2.24, 2.45) is 4.99 Å². The molecule has 1 aromatic rings. The SMILES string of the molecule is CCNC(=NCCCC(=O)NC1CC1)NCCC(C)N(C)Cc1ccccc1.I. The van der Waals surface area contributed by atoms with E-state index in [-0.39, 0.29) is 29.9 Å². The highest BCUT2D eigenvalue weighted by Crippen LogP contribution is 2.18. The lowest BCUT2D eigenvalue weighted by molar-refractivity contribution is -0.121. The Morgan fingerprint density at radius 3 is 2.62 bits per heavy atom. The molecule has 0 aromatic heterocycles. The maximum Gasteiger partial charge on any atom is 0.220 e. The third-order valence-corrected chi connectivity index (χ3v) is 5.00. The summed E-state index contributed by atoms with van der Waals surface area (Å²) in [5, 5.41) is 9.71. The molecule has 1 aliphatic carbocycles. The Morgan fingerprint density at radius 1 is 1.24 bits per heavy atom. The summed E-state index contributed by atoms with van der Waals surface area (Å²) < 4.78 is 0. The standard InChI is InChI=1S/C22H37N5O.HI/c1-4-23-22(24-15-8-11-21(28)26-20-12-13-20)25-16-14-18(2)27(3)17-19-9-6-5-7-10-19;/h5-7,9-10,18,20H,4,8,11-17H2,1-3H3,(H,26,28)(H2,23,24,25);1H. The van der Waals surface area contributed by atoms with Gasteiger partial charge in [-0.05, 0) is 52.1 Å². The molecule has 0 aliphatic heterocycles. The van der Waals surface area contributed by atoms with Crippen molar-refractivity contribution in [2.75, 3.05) is 26.7 Å². The Labute approximate surface area is 193 Å². The molecule has 1 amide bonds. The molecule has 0 bridgehead atoms. The second-order valence-electron chi connectivity index (χ2n) is 7.67. The molecule has 3 N–H and O–H groups in total. The minimum Gasteiger partial charge on any atom is -0.357 e. The van der Waals surface area contributed by atoms with Crippen molar-refractivity contribution < 1.29 is 4.79 Å². The second kappa shape index (κ2) is 14.6. The fraction of sp³-hybridized carbons (Fsp3) is 0.636. The molecule has 6 nitrogen and oxygen atoms in total. The fourth-order valence-corrected chi connectivity index (χ4v) is 2.95. The first-order chi connectivity index (χ1) is 13.6. The minimum absolute atomic E-state index is 0. The molecule has 7 heteroatoms. The van der Waals surface area contributed by atoms with Crippen LogP contribution >= 0.6 is 24.0 Å². The number of nitrogens with zero attached hydrogens (tertiary/aromatic N) is 2. The third kappa shape index (κ3) is 11.4. The highest BCUT2D eigenvalue weighted by Gasteiger charge is 2.22. The predicted octanol–water partition coefficient (Wildman–Crippen LogP) is 3.13. The van der Waals surface area contributed by atoms with Crippen molar-refractivity contribution in [3.05, 3.63) is 35.9 Å². The van der Waals surface area contributed by atoms with Crippen molar-refractivity contribution in [1.29, 1.82) is 0 Å². The summed E-state index contributed by atoms with van der Waals surface area (Å²) >= 11 is 0. The lowest BCUT2D eigenvalue weighted by atomic mass is 10.1. The zero-order valence-electron chi connectivity index (χ0n) is 18.1. The molecule has 1 unspecified atom stereocenters. The van der Waals surface area contributed by atoms with Gasteiger partial charge < -0.3 is 16.0 Å². The van der Waals surface area contributed by atoms with Gasteiger partial charge in [-0.3, -0.25) is 14.7 Å². The zero-order chi connectivity index (χ0) is 20.2. The number of nitrogens with one attached hydrogen (secondary N) is 3. The molecule has 0 radical (unpaired) electrons. The summed E-state index contributed by atoms with van der Waals surface area (Å²) in [6.45, 7) is 7.64. The molecule has 29 heavy (non-hydrogen) atoms. The number of hydrogen-bond acceptors (Lipinski definition) is 3. The lowest BCUT2D eigenvalue weighted by Gasteiger charge is -2.25. The van der Waals surface area contributed by atoms with Crippen LogP contribution in [0.15, 0.2) is 35.3 Å². The Bertz CT molecular complexity index is 606. The number of carbonyl (C=O) groups is 1. The average Bonchev–Trinajstić information content (AvgIpc) is 3.49. The molecule has 0 saturated heterocycles. The summed E-state index contributed by atoms with van der Waals surface area (Å²) in [4.78, 5) is 18.7. The Kier molecular flexibility index (Phi) is 12.9. The van der Waals surface area contributed by atoms with Gasteiger partial charge in [-0.15, -0.1) is 24.0 Å². The summed E-state index contributed by atoms with van der Waals surface area (Å²) in [6, 6.07) is 11.5. The Hall–Kier alpha value is -1.35. The van der Waals surface area contributed by atoms with E-state index in [1.165, 1.54) is 5.56 Å². The number of carbonyl (C=O) groups excluding carboxylic acids is 1. The van der Waals surface area contributed by atoms with E-state index in [0.717, 1.165) is 51.3 Å². The predicted molar refractivity (Wildman–Crippen MR) is 132 cm³/mol. The fourth-order valence-electron chi connectivity index (χ4n) is 2.95. The van der Waals surface area contributed by atoms with Crippen molar-refractivity contribution in [3.8, 4) is 0 Å². The van der Waals surface area contributed by atoms with Crippen molar-refractivity contribution in [3.63, 3.8) is 0 Å². The quantitative estimate of drug-likeness (QED) is 0.173. The summed E-state index contributed by atoms with van der Waals surface area (Å²) in [5.74, 6) is 0.994. The van der Waals surface area contributed by atoms with Crippen molar-refractivity contribution in [2.45, 2.75) is 64.6 Å². The highest BCUT2D eigenvalue weighted by molar-refractivity contribution is 14.0. The molecule has 2 rings (SSSR count). The summed E-state index contributed by atoms with van der Waals surface area (Å²) in [5.41, 5.74) is 1.34. The molecule has 1 atom stereocenters. The topological polar surface area (TPSA) is 68.8 Å². The number of guanidine groups is 1. The number of halogens is 1. The lowest BCUT2D eigenvalue weighted by Crippen LogP contribution is -2.40. The van der Waals surface area contributed by atoms with Crippen LogP contribution in [0.1, 0.15) is 51.5 Å². The van der Waals surface area contributed by atoms with Crippen molar-refractivity contribution >= 4 is 35.8 Å². The molecular formula is C22H38IN5O. The van der Waals surface area contributed by atoms with E-state index in [4.69, 9.17) is 0 Å². The Morgan fingerprint density at radius 2 is 1.97 bits per heavy atom. The molecule has 1 saturated carbocycles. The molecule has 0 heterocycles. The third-order valence-electron chi connectivity index (χ3n) is 5.00. The summed E-state index contributed by atoms with van der Waals surface area (Å²) in [7, 11) is 2.17. The monoisotopic (exact) mass is 515 g/mol. The number of hydrogen-bond donors (Lipinski definition) is 3. The molecular weight excluding hydrogens is 477 g/mol. The maximum atomic E-state index is 11.7. The van der Waals surface area contributed by atoms with Gasteiger partial charge >= 0.3 is 0 Å². The van der Waals surface area contributed by atoms with Crippen LogP contribution in [-0.2, 0) is 11.3 Å². The first kappa shape index (κ1) is 25.7. The van der Waals surface area contributed by atoms with Crippen molar-refractivity contribution in [1.82, 2.24) is 20.9 Å². The van der Waals surface area contributed by atoms with Gasteiger partial charge in [-0.25, -0.2) is 0 Å². The minimum atomic E-state index is 0. The average molecular weight is 515 g/mol. The van der Waals surface area contributed by atoms with Crippen LogP contribution in [0, 0.1) is 0 Å². The largest absolute Gasteiger partial charge is 0.357 e. The Balaban J connectivity index is 0.00000420. The molecule has 1 aromatic carbocycles. The second-order valence-corrected chi connectivity index (χ2v) is 7.67. The van der Waals surface area contributed by atoms with E-state index in [0.29, 0.717) is 25.0 Å². The number of benzene rings is 1. The number of aliphatic imine (C=N–C) groups is 1. The van der Waals surface area contributed by atoms with Gasteiger partial charge in [0.15, 0.2) is 5.96 Å². The van der Waals surface area contributed by atoms with E-state index in [1.54, 1.807) is 0 Å². The normalized spacial score (nSPS) is 14.8. The molecule has 1 aliphatic rings. The van der Waals surface area contributed by atoms with Gasteiger partial charge in [-0.1, -0.05) is 30.3 Å². The van der Waals surface area contributed by atoms with Gasteiger partial charge in [0.25, 0.3) is 0 Å². The number of amides is 1. The van der Waals surface area contributed by atoms with Gasteiger partial charge in [0, 0.05) is 44.7 Å². The molecule has 1 fully saturated rings. The first-order valence-electron chi connectivity index (χ1n) is 10.6. The van der Waals surface area contributed by atoms with Gasteiger partial charge in [0.1, 0.15) is 0 Å². The summed E-state index contributed by atoms with van der Waals surface area (Å²) in [6.07, 6.45) is 4.65. The zero-order valence-corrected chi connectivity index (χ0v) is 20.4. The maximum absolute atomic E-state index is 11.7. The van der Waals surface area contributed by atoms with Crippen LogP contribution in [0.5, 0.6) is 0 Å².